The van der Waals surface area contributed by atoms with E-state index in [2.05, 4.69) is 31.3 Å². The van der Waals surface area contributed by atoms with Crippen molar-refractivity contribution in [2.45, 2.75) is 51.5 Å². The molecule has 1 rings (SSSR count). The van der Waals surface area contributed by atoms with Crippen molar-refractivity contribution < 1.29 is 0 Å². The maximum atomic E-state index is 5.87. The Labute approximate surface area is 94.3 Å². The standard InChI is InChI=1S/C13H26N2/c1-3-4-5-9-15-13(2,11-14)10-12-7-6-8-12/h3-4,12,15H,5-11,14H2,1-2H3/b4-3+. The van der Waals surface area contributed by atoms with Gasteiger partial charge in [-0.05, 0) is 39.2 Å². The molecule has 3 N–H and O–H groups in total. The summed E-state index contributed by atoms with van der Waals surface area (Å²) in [6.07, 6.45) is 10.9. The van der Waals surface area contributed by atoms with E-state index in [1.54, 1.807) is 0 Å². The summed E-state index contributed by atoms with van der Waals surface area (Å²) in [7, 11) is 0. The molecule has 1 atom stereocenters. The van der Waals surface area contributed by atoms with Gasteiger partial charge < -0.3 is 11.1 Å². The summed E-state index contributed by atoms with van der Waals surface area (Å²) in [6.45, 7) is 6.13. The van der Waals surface area contributed by atoms with Crippen molar-refractivity contribution in [2.24, 2.45) is 11.7 Å². The summed E-state index contributed by atoms with van der Waals surface area (Å²) in [5.74, 6) is 0.924. The Morgan fingerprint density at radius 2 is 2.20 bits per heavy atom. The van der Waals surface area contributed by atoms with E-state index in [0.717, 1.165) is 25.4 Å². The quantitative estimate of drug-likeness (QED) is 0.500. The van der Waals surface area contributed by atoms with Crippen LogP contribution >= 0.6 is 0 Å². The Morgan fingerprint density at radius 3 is 2.67 bits per heavy atom. The third-order valence-electron chi connectivity index (χ3n) is 3.51. The second-order valence-corrected chi connectivity index (χ2v) is 5.05. The van der Waals surface area contributed by atoms with Crippen molar-refractivity contribution >= 4 is 0 Å². The van der Waals surface area contributed by atoms with E-state index in [9.17, 15) is 0 Å². The lowest BCUT2D eigenvalue weighted by atomic mass is 9.76. The predicted molar refractivity (Wildman–Crippen MR) is 66.9 cm³/mol. The van der Waals surface area contributed by atoms with Gasteiger partial charge in [0.2, 0.25) is 0 Å². The van der Waals surface area contributed by atoms with Crippen LogP contribution in [0, 0.1) is 5.92 Å². The van der Waals surface area contributed by atoms with Gasteiger partial charge in [-0.1, -0.05) is 31.4 Å². The largest absolute Gasteiger partial charge is 0.329 e. The smallest absolute Gasteiger partial charge is 0.0278 e. The molecular formula is C13H26N2. The number of rotatable bonds is 7. The number of nitrogens with one attached hydrogen (secondary N) is 1. The summed E-state index contributed by atoms with van der Waals surface area (Å²) in [6, 6.07) is 0. The van der Waals surface area contributed by atoms with Gasteiger partial charge in [-0.3, -0.25) is 0 Å². The van der Waals surface area contributed by atoms with Gasteiger partial charge in [-0.2, -0.15) is 0 Å². The van der Waals surface area contributed by atoms with Gasteiger partial charge in [-0.15, -0.1) is 0 Å². The molecule has 0 amide bonds. The van der Waals surface area contributed by atoms with Crippen LogP contribution in [0.3, 0.4) is 0 Å². The van der Waals surface area contributed by atoms with Crippen molar-refractivity contribution in [2.75, 3.05) is 13.1 Å². The zero-order chi connectivity index (χ0) is 11.1. The molecule has 2 heteroatoms. The minimum atomic E-state index is 0.159. The molecule has 1 aliphatic rings. The Bertz CT molecular complexity index is 197. The molecule has 0 bridgehead atoms. The molecule has 15 heavy (non-hydrogen) atoms. The predicted octanol–water partition coefficient (Wildman–Crippen LogP) is 2.45. The van der Waals surface area contributed by atoms with E-state index >= 15 is 0 Å². The molecule has 0 heterocycles. The first-order chi connectivity index (χ1) is 7.20. The lowest BCUT2D eigenvalue weighted by molar-refractivity contribution is 0.208. The van der Waals surface area contributed by atoms with Crippen molar-refractivity contribution in [1.82, 2.24) is 5.32 Å². The molecule has 88 valence electrons. The van der Waals surface area contributed by atoms with E-state index in [1.165, 1.54) is 25.7 Å². The first-order valence-corrected chi connectivity index (χ1v) is 6.26. The lowest BCUT2D eigenvalue weighted by Crippen LogP contribution is -2.50. The summed E-state index contributed by atoms with van der Waals surface area (Å²) < 4.78 is 0. The highest BCUT2D eigenvalue weighted by Crippen LogP contribution is 2.33. The van der Waals surface area contributed by atoms with Crippen molar-refractivity contribution in [3.63, 3.8) is 0 Å². The van der Waals surface area contributed by atoms with Gasteiger partial charge in [0.15, 0.2) is 0 Å². The molecule has 0 spiro atoms. The van der Waals surface area contributed by atoms with E-state index in [1.807, 2.05) is 0 Å². The van der Waals surface area contributed by atoms with Crippen molar-refractivity contribution in [3.05, 3.63) is 12.2 Å². The zero-order valence-electron chi connectivity index (χ0n) is 10.3. The highest BCUT2D eigenvalue weighted by Gasteiger charge is 2.28. The fourth-order valence-electron chi connectivity index (χ4n) is 2.19. The first-order valence-electron chi connectivity index (χ1n) is 6.26. The fourth-order valence-corrected chi connectivity index (χ4v) is 2.19. The van der Waals surface area contributed by atoms with Gasteiger partial charge in [0, 0.05) is 12.1 Å². The normalized spacial score (nSPS) is 21.5. The summed E-state index contributed by atoms with van der Waals surface area (Å²) in [4.78, 5) is 0. The SMILES string of the molecule is C/C=C/CCNC(C)(CN)CC1CCC1. The number of allylic oxidation sites excluding steroid dienone is 1. The van der Waals surface area contributed by atoms with Crippen LogP contribution in [0.5, 0.6) is 0 Å². The summed E-state index contributed by atoms with van der Waals surface area (Å²) >= 11 is 0. The van der Waals surface area contributed by atoms with E-state index < -0.39 is 0 Å². The van der Waals surface area contributed by atoms with Crippen molar-refractivity contribution in [1.29, 1.82) is 0 Å². The Morgan fingerprint density at radius 1 is 1.47 bits per heavy atom. The minimum absolute atomic E-state index is 0.159. The molecule has 1 fully saturated rings. The molecule has 1 aliphatic carbocycles. The maximum Gasteiger partial charge on any atom is 0.0278 e. The lowest BCUT2D eigenvalue weighted by Gasteiger charge is -2.37. The van der Waals surface area contributed by atoms with Crippen LogP contribution in [0.4, 0.5) is 0 Å². The van der Waals surface area contributed by atoms with E-state index in [4.69, 9.17) is 5.73 Å². The van der Waals surface area contributed by atoms with Gasteiger partial charge in [0.1, 0.15) is 0 Å². The minimum Gasteiger partial charge on any atom is -0.329 e. The maximum absolute atomic E-state index is 5.87. The molecule has 0 aromatic carbocycles. The van der Waals surface area contributed by atoms with Crippen LogP contribution in [0.25, 0.3) is 0 Å². The van der Waals surface area contributed by atoms with Crippen LogP contribution < -0.4 is 11.1 Å². The molecule has 0 aliphatic heterocycles. The Kier molecular flexibility index (Phi) is 5.34. The molecule has 0 aromatic heterocycles. The van der Waals surface area contributed by atoms with E-state index in [-0.39, 0.29) is 5.54 Å². The highest BCUT2D eigenvalue weighted by molar-refractivity contribution is 4.90. The Hall–Kier alpha value is -0.340. The van der Waals surface area contributed by atoms with E-state index in [0.29, 0.717) is 0 Å². The zero-order valence-corrected chi connectivity index (χ0v) is 10.3. The van der Waals surface area contributed by atoms with Gasteiger partial charge in [0.05, 0.1) is 0 Å². The average molecular weight is 210 g/mol. The highest BCUT2D eigenvalue weighted by atomic mass is 15.0. The van der Waals surface area contributed by atoms with Gasteiger partial charge in [0.25, 0.3) is 0 Å². The monoisotopic (exact) mass is 210 g/mol. The molecule has 1 unspecified atom stereocenters. The van der Waals surface area contributed by atoms with Crippen LogP contribution in [0.15, 0.2) is 12.2 Å². The number of hydrogen-bond acceptors (Lipinski definition) is 2. The van der Waals surface area contributed by atoms with Crippen LogP contribution in [-0.2, 0) is 0 Å². The van der Waals surface area contributed by atoms with Crippen molar-refractivity contribution in [3.8, 4) is 0 Å². The topological polar surface area (TPSA) is 38.0 Å². The fraction of sp³-hybridized carbons (Fsp3) is 0.846. The molecule has 1 saturated carbocycles. The third-order valence-corrected chi connectivity index (χ3v) is 3.51. The van der Waals surface area contributed by atoms with Gasteiger partial charge in [-0.25, -0.2) is 0 Å². The first kappa shape index (κ1) is 12.7. The molecule has 0 radical (unpaired) electrons. The second-order valence-electron chi connectivity index (χ2n) is 5.05. The molecule has 0 aromatic rings. The molecule has 0 saturated heterocycles. The van der Waals surface area contributed by atoms with Crippen LogP contribution in [-0.4, -0.2) is 18.6 Å². The van der Waals surface area contributed by atoms with Gasteiger partial charge >= 0.3 is 0 Å². The second kappa shape index (κ2) is 6.29. The number of nitrogens with two attached hydrogens (primary N) is 1. The Balaban J connectivity index is 2.23. The van der Waals surface area contributed by atoms with Crippen LogP contribution in [0.1, 0.15) is 46.0 Å². The molecule has 2 nitrogen and oxygen atoms in total. The summed E-state index contributed by atoms with van der Waals surface area (Å²) in [5.41, 5.74) is 6.03. The van der Waals surface area contributed by atoms with Crippen LogP contribution in [0.2, 0.25) is 0 Å². The molecular weight excluding hydrogens is 184 g/mol. The average Bonchev–Trinajstić information content (AvgIpc) is 2.19. The summed E-state index contributed by atoms with van der Waals surface area (Å²) in [5, 5.41) is 3.60. The third kappa shape index (κ3) is 4.35. The number of hydrogen-bond donors (Lipinski definition) is 2.